The van der Waals surface area contributed by atoms with Crippen LogP contribution in [-0.4, -0.2) is 23.4 Å². The summed E-state index contributed by atoms with van der Waals surface area (Å²) in [6, 6.07) is 10.6. The number of hydrogen-bond donors (Lipinski definition) is 1. The van der Waals surface area contributed by atoms with E-state index in [1.54, 1.807) is 12.1 Å². The minimum absolute atomic E-state index is 0.110. The summed E-state index contributed by atoms with van der Waals surface area (Å²) in [4.78, 5) is 34.1. The largest absolute Gasteiger partial charge is 0.452 e. The van der Waals surface area contributed by atoms with Crippen LogP contribution >= 0.6 is 11.6 Å². The first kappa shape index (κ1) is 17.4. The van der Waals surface area contributed by atoms with E-state index in [0.717, 1.165) is 0 Å². The Balaban J connectivity index is 2.00. The molecular formula is C16H13ClN2O5. The molecule has 0 aromatic heterocycles. The number of anilines is 1. The number of carbonyl (C=O) groups is 2. The molecule has 0 saturated carbocycles. The number of ether oxygens (including phenoxy) is 1. The van der Waals surface area contributed by atoms with E-state index in [1.807, 2.05) is 0 Å². The molecule has 2 aromatic rings. The summed E-state index contributed by atoms with van der Waals surface area (Å²) in [5.74, 6) is -1.34. The van der Waals surface area contributed by atoms with Crippen molar-refractivity contribution >= 4 is 34.9 Å². The van der Waals surface area contributed by atoms with Crippen molar-refractivity contribution in [3.8, 4) is 0 Å². The monoisotopic (exact) mass is 348 g/mol. The number of nitrogens with zero attached hydrogens (tertiary/aromatic N) is 1. The van der Waals surface area contributed by atoms with Crippen LogP contribution in [0.25, 0.3) is 0 Å². The number of halogens is 1. The molecule has 0 radical (unpaired) electrons. The molecule has 0 fully saturated rings. The van der Waals surface area contributed by atoms with E-state index in [-0.39, 0.29) is 22.0 Å². The Morgan fingerprint density at radius 2 is 1.92 bits per heavy atom. The molecule has 0 spiro atoms. The van der Waals surface area contributed by atoms with Crippen LogP contribution in [0.5, 0.6) is 0 Å². The van der Waals surface area contributed by atoms with Crippen molar-refractivity contribution in [3.05, 3.63) is 68.7 Å². The van der Waals surface area contributed by atoms with Gasteiger partial charge in [-0.05, 0) is 25.1 Å². The van der Waals surface area contributed by atoms with E-state index in [4.69, 9.17) is 16.3 Å². The summed E-state index contributed by atoms with van der Waals surface area (Å²) in [5.41, 5.74) is 0.635. The summed E-state index contributed by atoms with van der Waals surface area (Å²) >= 11 is 5.87. The van der Waals surface area contributed by atoms with Crippen LogP contribution < -0.4 is 5.32 Å². The molecular weight excluding hydrogens is 336 g/mol. The zero-order chi connectivity index (χ0) is 17.7. The van der Waals surface area contributed by atoms with Gasteiger partial charge in [0, 0.05) is 6.07 Å². The van der Waals surface area contributed by atoms with Crippen LogP contribution in [0.15, 0.2) is 42.5 Å². The van der Waals surface area contributed by atoms with Crippen molar-refractivity contribution < 1.29 is 19.2 Å². The number of nitro benzene ring substituents is 1. The molecule has 0 unspecified atom stereocenters. The Hall–Kier alpha value is -2.93. The van der Waals surface area contributed by atoms with Gasteiger partial charge in [-0.1, -0.05) is 29.8 Å². The molecule has 2 aromatic carbocycles. The number of amides is 1. The summed E-state index contributed by atoms with van der Waals surface area (Å²) in [6.45, 7) is 0.982. The number of nitro groups is 1. The molecule has 124 valence electrons. The molecule has 1 amide bonds. The Morgan fingerprint density at radius 1 is 1.21 bits per heavy atom. The zero-order valence-electron chi connectivity index (χ0n) is 12.6. The number of hydrogen-bond acceptors (Lipinski definition) is 5. The average molecular weight is 349 g/mol. The van der Waals surface area contributed by atoms with Gasteiger partial charge in [0.25, 0.3) is 11.6 Å². The van der Waals surface area contributed by atoms with Crippen molar-refractivity contribution in [2.45, 2.75) is 6.92 Å². The van der Waals surface area contributed by atoms with Crippen molar-refractivity contribution in [1.29, 1.82) is 0 Å². The van der Waals surface area contributed by atoms with Crippen molar-refractivity contribution in [1.82, 2.24) is 0 Å². The quantitative estimate of drug-likeness (QED) is 0.507. The molecule has 2 rings (SSSR count). The minimum Gasteiger partial charge on any atom is -0.452 e. The Morgan fingerprint density at radius 3 is 2.58 bits per heavy atom. The standard InChI is InChI=1S/C16H13ClN2O5/c1-10-13(7-4-8-14(10)19(22)23)18-15(20)9-24-16(21)11-5-2-3-6-12(11)17/h2-8H,9H2,1H3,(H,18,20). The van der Waals surface area contributed by atoms with Gasteiger partial charge >= 0.3 is 5.97 Å². The van der Waals surface area contributed by atoms with Crippen LogP contribution in [0.3, 0.4) is 0 Å². The highest BCUT2D eigenvalue weighted by Crippen LogP contribution is 2.25. The maximum Gasteiger partial charge on any atom is 0.340 e. The molecule has 0 heterocycles. The lowest BCUT2D eigenvalue weighted by molar-refractivity contribution is -0.385. The molecule has 1 N–H and O–H groups in total. The van der Waals surface area contributed by atoms with E-state index in [2.05, 4.69) is 5.32 Å². The summed E-state index contributed by atoms with van der Waals surface area (Å²) in [7, 11) is 0. The third kappa shape index (κ3) is 4.08. The molecule has 7 nitrogen and oxygen atoms in total. The van der Waals surface area contributed by atoms with Gasteiger partial charge < -0.3 is 10.1 Å². The van der Waals surface area contributed by atoms with Crippen LogP contribution in [0.4, 0.5) is 11.4 Å². The minimum atomic E-state index is -0.730. The maximum absolute atomic E-state index is 11.9. The molecule has 0 atom stereocenters. The summed E-state index contributed by atoms with van der Waals surface area (Å²) in [6.07, 6.45) is 0. The number of benzene rings is 2. The van der Waals surface area contributed by atoms with Gasteiger partial charge in [-0.15, -0.1) is 0 Å². The Labute approximate surface area is 142 Å². The Bertz CT molecular complexity index is 807. The molecule has 0 aliphatic heterocycles. The predicted molar refractivity (Wildman–Crippen MR) is 88.2 cm³/mol. The van der Waals surface area contributed by atoms with Crippen LogP contribution in [0, 0.1) is 17.0 Å². The van der Waals surface area contributed by atoms with E-state index in [9.17, 15) is 19.7 Å². The van der Waals surface area contributed by atoms with E-state index >= 15 is 0 Å². The van der Waals surface area contributed by atoms with Gasteiger partial charge in [0.2, 0.25) is 0 Å². The normalized spacial score (nSPS) is 10.1. The lowest BCUT2D eigenvalue weighted by atomic mass is 10.1. The van der Waals surface area contributed by atoms with E-state index in [1.165, 1.54) is 37.3 Å². The van der Waals surface area contributed by atoms with Gasteiger partial charge in [0.1, 0.15) is 0 Å². The van der Waals surface area contributed by atoms with Gasteiger partial charge in [-0.25, -0.2) is 4.79 Å². The zero-order valence-corrected chi connectivity index (χ0v) is 13.4. The molecule has 0 aliphatic carbocycles. The van der Waals surface area contributed by atoms with Crippen LogP contribution in [-0.2, 0) is 9.53 Å². The first-order valence-corrected chi connectivity index (χ1v) is 7.23. The van der Waals surface area contributed by atoms with Crippen LogP contribution in [0.1, 0.15) is 15.9 Å². The van der Waals surface area contributed by atoms with Crippen molar-refractivity contribution in [3.63, 3.8) is 0 Å². The average Bonchev–Trinajstić information content (AvgIpc) is 2.54. The third-order valence-electron chi connectivity index (χ3n) is 3.20. The Kier molecular flexibility index (Phi) is 5.49. The van der Waals surface area contributed by atoms with Crippen molar-refractivity contribution in [2.75, 3.05) is 11.9 Å². The summed E-state index contributed by atoms with van der Waals surface area (Å²) in [5, 5.41) is 13.6. The number of esters is 1. The van der Waals surface area contributed by atoms with E-state index in [0.29, 0.717) is 5.56 Å². The fraction of sp³-hybridized carbons (Fsp3) is 0.125. The third-order valence-corrected chi connectivity index (χ3v) is 3.53. The second-order valence-corrected chi connectivity index (χ2v) is 5.22. The molecule has 0 aliphatic rings. The smallest absolute Gasteiger partial charge is 0.340 e. The molecule has 0 bridgehead atoms. The molecule has 8 heteroatoms. The van der Waals surface area contributed by atoms with Crippen LogP contribution in [0.2, 0.25) is 5.02 Å². The highest BCUT2D eigenvalue weighted by Gasteiger charge is 2.16. The predicted octanol–water partition coefficient (Wildman–Crippen LogP) is 3.35. The second kappa shape index (κ2) is 7.56. The SMILES string of the molecule is Cc1c(NC(=O)COC(=O)c2ccccc2Cl)cccc1[N+](=O)[O-]. The van der Waals surface area contributed by atoms with Gasteiger partial charge in [0.15, 0.2) is 6.61 Å². The van der Waals surface area contributed by atoms with Crippen molar-refractivity contribution in [2.24, 2.45) is 0 Å². The van der Waals surface area contributed by atoms with Gasteiger partial charge in [-0.2, -0.15) is 0 Å². The summed E-state index contributed by atoms with van der Waals surface area (Å²) < 4.78 is 4.89. The first-order chi connectivity index (χ1) is 11.4. The topological polar surface area (TPSA) is 98.5 Å². The molecule has 24 heavy (non-hydrogen) atoms. The molecule has 0 saturated heterocycles. The van der Waals surface area contributed by atoms with Gasteiger partial charge in [-0.3, -0.25) is 14.9 Å². The highest BCUT2D eigenvalue weighted by molar-refractivity contribution is 6.33. The van der Waals surface area contributed by atoms with E-state index < -0.39 is 23.4 Å². The fourth-order valence-electron chi connectivity index (χ4n) is 1.98. The number of carbonyl (C=O) groups excluding carboxylic acids is 2. The fourth-order valence-corrected chi connectivity index (χ4v) is 2.19. The number of nitrogens with one attached hydrogen (secondary N) is 1. The number of rotatable bonds is 5. The van der Waals surface area contributed by atoms with Gasteiger partial charge in [0.05, 0.1) is 26.8 Å². The maximum atomic E-state index is 11.9. The first-order valence-electron chi connectivity index (χ1n) is 6.85. The lowest BCUT2D eigenvalue weighted by Crippen LogP contribution is -2.21. The second-order valence-electron chi connectivity index (χ2n) is 4.81. The highest BCUT2D eigenvalue weighted by atomic mass is 35.5. The lowest BCUT2D eigenvalue weighted by Gasteiger charge is -2.09.